The lowest BCUT2D eigenvalue weighted by molar-refractivity contribution is 0.262. The van der Waals surface area contributed by atoms with Crippen molar-refractivity contribution in [1.29, 1.82) is 0 Å². The predicted molar refractivity (Wildman–Crippen MR) is 157 cm³/mol. The Hall–Kier alpha value is -4.59. The summed E-state index contributed by atoms with van der Waals surface area (Å²) in [4.78, 5) is 12.2. The SMILES string of the molecule is C/C(=N/N=C(N)N)c1ccc(NC(=O)Nc2ccc(/C(C)=N/N=C(N)N)cc2)cc1.CS(=O)(=O)O.CS(=O)(=O)O. The van der Waals surface area contributed by atoms with Gasteiger partial charge in [0.05, 0.1) is 23.9 Å². The third kappa shape index (κ3) is 20.5. The van der Waals surface area contributed by atoms with Crippen molar-refractivity contribution in [3.63, 3.8) is 0 Å². The van der Waals surface area contributed by atoms with Crippen LogP contribution in [0.25, 0.3) is 0 Å². The van der Waals surface area contributed by atoms with Crippen LogP contribution in [0.3, 0.4) is 0 Å². The van der Waals surface area contributed by atoms with Crippen molar-refractivity contribution in [1.82, 2.24) is 0 Å². The molecule has 0 spiro atoms. The van der Waals surface area contributed by atoms with Crippen molar-refractivity contribution in [2.45, 2.75) is 13.8 Å². The van der Waals surface area contributed by atoms with E-state index in [1.165, 1.54) is 0 Å². The first-order valence-electron chi connectivity index (χ1n) is 10.6. The second-order valence-electron chi connectivity index (χ2n) is 7.62. The number of hydrogen-bond donors (Lipinski definition) is 8. The summed E-state index contributed by atoms with van der Waals surface area (Å²) >= 11 is 0. The van der Waals surface area contributed by atoms with E-state index in [2.05, 4.69) is 31.0 Å². The topological polar surface area (TPSA) is 303 Å². The molecule has 19 heteroatoms. The number of guanidine groups is 2. The van der Waals surface area contributed by atoms with E-state index >= 15 is 0 Å². The quantitative estimate of drug-likeness (QED) is 0.0966. The molecule has 17 nitrogen and oxygen atoms in total. The van der Waals surface area contributed by atoms with Gasteiger partial charge < -0.3 is 33.6 Å². The summed E-state index contributed by atoms with van der Waals surface area (Å²) in [6.45, 7) is 3.55. The van der Waals surface area contributed by atoms with E-state index in [-0.39, 0.29) is 18.0 Å². The molecule has 2 aromatic rings. The number of urea groups is 1. The van der Waals surface area contributed by atoms with Gasteiger partial charge in [0, 0.05) is 11.4 Å². The van der Waals surface area contributed by atoms with Crippen LogP contribution >= 0.6 is 0 Å². The number of hydrogen-bond acceptors (Lipinski definition) is 9. The van der Waals surface area contributed by atoms with Gasteiger partial charge >= 0.3 is 6.03 Å². The number of nitrogens with one attached hydrogen (secondary N) is 2. The van der Waals surface area contributed by atoms with Crippen molar-refractivity contribution in [3.8, 4) is 0 Å². The number of anilines is 2. The maximum atomic E-state index is 12.2. The van der Waals surface area contributed by atoms with Crippen molar-refractivity contribution < 1.29 is 30.7 Å². The summed E-state index contributed by atoms with van der Waals surface area (Å²) in [7, 11) is -7.33. The van der Waals surface area contributed by atoms with E-state index in [4.69, 9.17) is 32.0 Å². The van der Waals surface area contributed by atoms with Gasteiger partial charge in [-0.2, -0.15) is 27.0 Å². The molecular weight excluding hydrogens is 568 g/mol. The highest BCUT2D eigenvalue weighted by Crippen LogP contribution is 2.14. The molecule has 0 saturated heterocycles. The third-order valence-corrected chi connectivity index (χ3v) is 3.75. The number of benzene rings is 2. The average Bonchev–Trinajstić information content (AvgIpc) is 2.79. The van der Waals surface area contributed by atoms with Gasteiger partial charge in [0.15, 0.2) is 0 Å². The van der Waals surface area contributed by atoms with Gasteiger partial charge in [-0.1, -0.05) is 24.3 Å². The Morgan fingerprint density at radius 2 is 0.875 bits per heavy atom. The zero-order valence-corrected chi connectivity index (χ0v) is 23.6. The molecule has 0 bridgehead atoms. The Balaban J connectivity index is 0.00000130. The lowest BCUT2D eigenvalue weighted by Crippen LogP contribution is -2.22. The van der Waals surface area contributed by atoms with Crippen molar-refractivity contribution in [2.75, 3.05) is 23.1 Å². The van der Waals surface area contributed by atoms with Crippen molar-refractivity contribution in [2.24, 2.45) is 43.3 Å². The third-order valence-electron chi connectivity index (χ3n) is 3.75. The Kier molecular flexibility index (Phi) is 14.5. The highest BCUT2D eigenvalue weighted by Gasteiger charge is 2.05. The van der Waals surface area contributed by atoms with E-state index in [9.17, 15) is 21.6 Å². The molecule has 2 rings (SSSR count). The molecule has 0 atom stereocenters. The molecule has 2 amide bonds. The van der Waals surface area contributed by atoms with Crippen LogP contribution in [0.15, 0.2) is 68.9 Å². The molecule has 2 aromatic carbocycles. The summed E-state index contributed by atoms with van der Waals surface area (Å²) in [6.07, 6.45) is 1.43. The molecule has 0 aromatic heterocycles. The highest BCUT2D eigenvalue weighted by molar-refractivity contribution is 7.85. The van der Waals surface area contributed by atoms with Gasteiger partial charge in [0.1, 0.15) is 0 Å². The molecule has 0 aliphatic carbocycles. The number of carbonyl (C=O) groups is 1. The van der Waals surface area contributed by atoms with Gasteiger partial charge in [0.25, 0.3) is 20.2 Å². The first kappa shape index (κ1) is 35.4. The van der Waals surface area contributed by atoms with Crippen molar-refractivity contribution >= 4 is 61.0 Å². The maximum Gasteiger partial charge on any atom is 0.323 e. The zero-order chi connectivity index (χ0) is 31.1. The highest BCUT2D eigenvalue weighted by atomic mass is 32.2. The molecule has 0 aliphatic heterocycles. The minimum absolute atomic E-state index is 0.117. The van der Waals surface area contributed by atoms with Crippen LogP contribution in [0, 0.1) is 0 Å². The normalized spacial score (nSPS) is 11.4. The predicted octanol–water partition coefficient (Wildman–Crippen LogP) is 0.333. The number of nitrogens with two attached hydrogens (primary N) is 4. The monoisotopic (exact) mass is 600 g/mol. The van der Waals surface area contributed by atoms with E-state index in [1.54, 1.807) is 62.4 Å². The number of nitrogens with zero attached hydrogens (tertiary/aromatic N) is 4. The second-order valence-corrected chi connectivity index (χ2v) is 10.6. The number of carbonyl (C=O) groups excluding carboxylic acids is 1. The van der Waals surface area contributed by atoms with E-state index in [1.807, 2.05) is 0 Å². The lowest BCUT2D eigenvalue weighted by Gasteiger charge is -2.09. The molecule has 0 saturated carbocycles. The van der Waals surface area contributed by atoms with Crippen molar-refractivity contribution in [3.05, 3.63) is 59.7 Å². The van der Waals surface area contributed by atoms with Gasteiger partial charge in [-0.05, 0) is 49.2 Å². The zero-order valence-electron chi connectivity index (χ0n) is 22.0. The molecule has 0 unspecified atom stereocenters. The molecule has 220 valence electrons. The van der Waals surface area contributed by atoms with Gasteiger partial charge in [-0.25, -0.2) is 4.79 Å². The maximum absolute atomic E-state index is 12.2. The standard InChI is InChI=1S/C19H24N10O.2CH4O3S/c1-11(26-28-17(20)21)13-3-7-15(8-4-13)24-19(30)25-16-9-5-14(6-10-16)12(2)27-29-18(22)23;2*1-5(2,3)4/h3-10H,1-2H3,(H4,20,21,28)(H4,22,23,29)(H2,24,25,30);2*1H3,(H,2,3,4)/b26-11-,27-12+;;. The Bertz CT molecular complexity index is 1330. The average molecular weight is 601 g/mol. The fraction of sp³-hybridized carbons (Fsp3) is 0.190. The first-order valence-corrected chi connectivity index (χ1v) is 14.3. The van der Waals surface area contributed by atoms with Crippen LogP contribution in [-0.2, 0) is 20.2 Å². The minimum Gasteiger partial charge on any atom is -0.369 e. The summed E-state index contributed by atoms with van der Waals surface area (Å²) in [5.41, 5.74) is 25.2. The number of rotatable bonds is 6. The van der Waals surface area contributed by atoms with E-state index in [0.717, 1.165) is 11.1 Å². The summed E-state index contributed by atoms with van der Waals surface area (Å²) in [5.74, 6) is -0.234. The molecule has 40 heavy (non-hydrogen) atoms. The van der Waals surface area contributed by atoms with Gasteiger partial charge in [0.2, 0.25) is 11.9 Å². The van der Waals surface area contributed by atoms with Gasteiger partial charge in [-0.3, -0.25) is 9.11 Å². The van der Waals surface area contributed by atoms with Crippen LogP contribution in [-0.4, -0.2) is 67.8 Å². The molecule has 12 N–H and O–H groups in total. The summed E-state index contributed by atoms with van der Waals surface area (Å²) < 4.78 is 51.7. The second kappa shape index (κ2) is 16.4. The van der Waals surface area contributed by atoms with E-state index in [0.29, 0.717) is 35.3 Å². The van der Waals surface area contributed by atoms with E-state index < -0.39 is 20.2 Å². The smallest absolute Gasteiger partial charge is 0.323 e. The van der Waals surface area contributed by atoms with Crippen LogP contribution in [0.2, 0.25) is 0 Å². The molecule has 0 aliphatic rings. The molecular formula is C21H32N10O7S2. The van der Waals surface area contributed by atoms with Crippen LogP contribution in [0.4, 0.5) is 16.2 Å². The number of amides is 2. The van der Waals surface area contributed by atoms with Gasteiger partial charge in [-0.15, -0.1) is 10.2 Å². The fourth-order valence-electron chi connectivity index (χ4n) is 2.26. The molecule has 0 fully saturated rings. The summed E-state index contributed by atoms with van der Waals surface area (Å²) in [5, 5.41) is 20.5. The lowest BCUT2D eigenvalue weighted by atomic mass is 10.1. The molecule has 0 radical (unpaired) electrons. The Labute approximate surface area is 231 Å². The van der Waals surface area contributed by atoms with Crippen LogP contribution in [0.1, 0.15) is 25.0 Å². The molecule has 0 heterocycles. The summed E-state index contributed by atoms with van der Waals surface area (Å²) in [6, 6.07) is 13.8. The van der Waals surface area contributed by atoms with Crippen LogP contribution < -0.4 is 33.6 Å². The first-order chi connectivity index (χ1) is 18.2. The minimum atomic E-state index is -3.67. The largest absolute Gasteiger partial charge is 0.369 e. The Morgan fingerprint density at radius 3 is 1.10 bits per heavy atom. The van der Waals surface area contributed by atoms with Crippen LogP contribution in [0.5, 0.6) is 0 Å². The fourth-order valence-corrected chi connectivity index (χ4v) is 2.26. The Morgan fingerprint density at radius 1 is 0.625 bits per heavy atom.